The Bertz CT molecular complexity index is 978. The zero-order chi connectivity index (χ0) is 19.7. The van der Waals surface area contributed by atoms with E-state index in [2.05, 4.69) is 15.2 Å². The number of hydrogen-bond donors (Lipinski definition) is 1. The first-order valence-corrected chi connectivity index (χ1v) is 9.08. The summed E-state index contributed by atoms with van der Waals surface area (Å²) in [6.45, 7) is 1.75. The largest absolute Gasteiger partial charge is 0.481 e. The number of aryl methyl sites for hydroxylation is 2. The van der Waals surface area contributed by atoms with Crippen LogP contribution in [0.3, 0.4) is 0 Å². The maximum absolute atomic E-state index is 12.9. The first kappa shape index (κ1) is 18.2. The number of rotatable bonds is 4. The summed E-state index contributed by atoms with van der Waals surface area (Å²) in [6, 6.07) is 7.02. The molecule has 1 unspecified atom stereocenters. The molecule has 3 aromatic rings. The van der Waals surface area contributed by atoms with E-state index in [0.717, 1.165) is 12.1 Å². The second-order valence-corrected chi connectivity index (χ2v) is 6.74. The zero-order valence-electron chi connectivity index (χ0n) is 15.8. The Morgan fingerprint density at radius 1 is 1.29 bits per heavy atom. The molecule has 9 nitrogen and oxygen atoms in total. The van der Waals surface area contributed by atoms with Gasteiger partial charge in [-0.15, -0.1) is 0 Å². The van der Waals surface area contributed by atoms with E-state index in [0.29, 0.717) is 42.5 Å². The molecule has 0 saturated heterocycles. The molecule has 0 saturated carbocycles. The van der Waals surface area contributed by atoms with Crippen LogP contribution in [0.4, 0.5) is 0 Å². The van der Waals surface area contributed by atoms with E-state index in [-0.39, 0.29) is 5.91 Å². The van der Waals surface area contributed by atoms with Gasteiger partial charge < -0.3 is 14.7 Å². The predicted molar refractivity (Wildman–Crippen MR) is 99.6 cm³/mol. The molecule has 0 fully saturated rings. The van der Waals surface area contributed by atoms with Crippen molar-refractivity contribution in [2.75, 3.05) is 13.7 Å². The quantitative estimate of drug-likeness (QED) is 0.727. The van der Waals surface area contributed by atoms with E-state index < -0.39 is 6.10 Å². The summed E-state index contributed by atoms with van der Waals surface area (Å²) in [4.78, 5) is 18.8. The molecule has 3 aromatic heterocycles. The minimum absolute atomic E-state index is 0.0847. The van der Waals surface area contributed by atoms with Gasteiger partial charge in [0.1, 0.15) is 6.10 Å². The molecule has 1 amide bonds. The van der Waals surface area contributed by atoms with E-state index in [4.69, 9.17) is 4.74 Å². The van der Waals surface area contributed by atoms with E-state index in [1.165, 1.54) is 13.3 Å². The summed E-state index contributed by atoms with van der Waals surface area (Å²) in [7, 11) is 3.32. The molecule has 146 valence electrons. The lowest BCUT2D eigenvalue weighted by molar-refractivity contribution is 0.0745. The molecule has 1 atom stereocenters. The van der Waals surface area contributed by atoms with E-state index in [1.54, 1.807) is 41.0 Å². The number of nitrogens with zero attached hydrogens (tertiary/aromatic N) is 6. The fourth-order valence-corrected chi connectivity index (χ4v) is 3.41. The fraction of sp³-hybridized carbons (Fsp3) is 0.368. The molecule has 1 aliphatic rings. The van der Waals surface area contributed by atoms with Crippen LogP contribution in [-0.2, 0) is 20.1 Å². The van der Waals surface area contributed by atoms with Gasteiger partial charge in [-0.05, 0) is 24.6 Å². The third-order valence-electron chi connectivity index (χ3n) is 4.93. The second-order valence-electron chi connectivity index (χ2n) is 6.74. The SMILES string of the molecule is COc1ccc(C(=O)N2CCCn3nc(C(O)c4ccnn4C)cc3C2)cn1. The van der Waals surface area contributed by atoms with Crippen LogP contribution in [0.2, 0.25) is 0 Å². The number of pyridine rings is 1. The molecule has 1 N–H and O–H groups in total. The standard InChI is InChI=1S/C19H22N6O3/c1-23-16(6-7-21-23)18(26)15-10-14-12-24(8-3-9-25(14)22-15)19(27)13-4-5-17(28-2)20-11-13/h4-7,10-11,18,26H,3,8-9,12H2,1-2H3. The van der Waals surface area contributed by atoms with Crippen molar-refractivity contribution in [1.29, 1.82) is 0 Å². The van der Waals surface area contributed by atoms with Gasteiger partial charge in [-0.1, -0.05) is 0 Å². The lowest BCUT2D eigenvalue weighted by Gasteiger charge is -2.20. The van der Waals surface area contributed by atoms with Crippen LogP contribution in [0, 0.1) is 0 Å². The lowest BCUT2D eigenvalue weighted by Crippen LogP contribution is -2.30. The number of carbonyl (C=O) groups excluding carboxylic acids is 1. The number of aliphatic hydroxyl groups excluding tert-OH is 1. The normalized spacial score (nSPS) is 15.0. The van der Waals surface area contributed by atoms with Crippen LogP contribution in [0.15, 0.2) is 36.7 Å². The number of aliphatic hydroxyl groups is 1. The monoisotopic (exact) mass is 382 g/mol. The Balaban J connectivity index is 1.55. The highest BCUT2D eigenvalue weighted by atomic mass is 16.5. The molecule has 9 heteroatoms. The third-order valence-corrected chi connectivity index (χ3v) is 4.93. The van der Waals surface area contributed by atoms with Crippen LogP contribution < -0.4 is 4.74 Å². The summed E-state index contributed by atoms with van der Waals surface area (Å²) in [5.41, 5.74) is 2.64. The van der Waals surface area contributed by atoms with Crippen LogP contribution in [-0.4, -0.2) is 54.1 Å². The molecule has 0 aliphatic carbocycles. The molecular weight excluding hydrogens is 360 g/mol. The number of ether oxygens (including phenoxy) is 1. The topological polar surface area (TPSA) is 98.3 Å². The summed E-state index contributed by atoms with van der Waals surface area (Å²) in [6.07, 6.45) is 3.09. The number of hydrogen-bond acceptors (Lipinski definition) is 6. The number of carbonyl (C=O) groups is 1. The maximum Gasteiger partial charge on any atom is 0.255 e. The molecule has 0 bridgehead atoms. The van der Waals surface area contributed by atoms with Crippen LogP contribution >= 0.6 is 0 Å². The molecule has 0 radical (unpaired) electrons. The van der Waals surface area contributed by atoms with Crippen molar-refractivity contribution in [2.24, 2.45) is 7.05 Å². The minimum Gasteiger partial charge on any atom is -0.481 e. The van der Waals surface area contributed by atoms with Crippen molar-refractivity contribution in [3.63, 3.8) is 0 Å². The van der Waals surface area contributed by atoms with Gasteiger partial charge in [-0.25, -0.2) is 4.98 Å². The van der Waals surface area contributed by atoms with E-state index >= 15 is 0 Å². The van der Waals surface area contributed by atoms with Crippen molar-refractivity contribution >= 4 is 5.91 Å². The highest BCUT2D eigenvalue weighted by Gasteiger charge is 2.25. The van der Waals surface area contributed by atoms with Crippen LogP contribution in [0.5, 0.6) is 5.88 Å². The number of methoxy groups -OCH3 is 1. The number of amides is 1. The van der Waals surface area contributed by atoms with Gasteiger partial charge in [0, 0.05) is 38.6 Å². The van der Waals surface area contributed by atoms with Crippen LogP contribution in [0.1, 0.15) is 40.0 Å². The van der Waals surface area contributed by atoms with Crippen molar-refractivity contribution in [3.05, 3.63) is 59.3 Å². The molecule has 28 heavy (non-hydrogen) atoms. The second kappa shape index (κ2) is 7.43. The minimum atomic E-state index is -0.859. The van der Waals surface area contributed by atoms with Crippen molar-refractivity contribution < 1.29 is 14.6 Å². The summed E-state index contributed by atoms with van der Waals surface area (Å²) in [5, 5.41) is 19.3. The summed E-state index contributed by atoms with van der Waals surface area (Å²) in [5.74, 6) is 0.387. The van der Waals surface area contributed by atoms with Gasteiger partial charge in [0.2, 0.25) is 5.88 Å². The van der Waals surface area contributed by atoms with Gasteiger partial charge >= 0.3 is 0 Å². The molecular formula is C19H22N6O3. The average molecular weight is 382 g/mol. The highest BCUT2D eigenvalue weighted by Crippen LogP contribution is 2.23. The zero-order valence-corrected chi connectivity index (χ0v) is 15.8. The van der Waals surface area contributed by atoms with Gasteiger partial charge in [0.25, 0.3) is 5.91 Å². The molecule has 1 aliphatic heterocycles. The fourth-order valence-electron chi connectivity index (χ4n) is 3.41. The molecule has 0 spiro atoms. The van der Waals surface area contributed by atoms with Crippen molar-refractivity contribution in [3.8, 4) is 5.88 Å². The maximum atomic E-state index is 12.9. The summed E-state index contributed by atoms with van der Waals surface area (Å²) >= 11 is 0. The van der Waals surface area contributed by atoms with Crippen molar-refractivity contribution in [2.45, 2.75) is 25.6 Å². The number of aromatic nitrogens is 5. The van der Waals surface area contributed by atoms with Crippen LogP contribution in [0.25, 0.3) is 0 Å². The van der Waals surface area contributed by atoms with Gasteiger partial charge in [-0.2, -0.15) is 10.2 Å². The third kappa shape index (κ3) is 3.36. The Labute approximate surface area is 162 Å². The summed E-state index contributed by atoms with van der Waals surface area (Å²) < 4.78 is 8.54. The lowest BCUT2D eigenvalue weighted by atomic mass is 10.1. The first-order valence-electron chi connectivity index (χ1n) is 9.08. The first-order chi connectivity index (χ1) is 13.6. The van der Waals surface area contributed by atoms with E-state index in [9.17, 15) is 9.90 Å². The highest BCUT2D eigenvalue weighted by molar-refractivity contribution is 5.93. The molecule has 4 heterocycles. The average Bonchev–Trinajstić information content (AvgIpc) is 3.27. The molecule has 4 rings (SSSR count). The Hall–Kier alpha value is -3.20. The Morgan fingerprint density at radius 3 is 2.82 bits per heavy atom. The Morgan fingerprint density at radius 2 is 2.14 bits per heavy atom. The van der Waals surface area contributed by atoms with Gasteiger partial charge in [0.15, 0.2) is 0 Å². The van der Waals surface area contributed by atoms with E-state index in [1.807, 2.05) is 10.7 Å². The predicted octanol–water partition coefficient (Wildman–Crippen LogP) is 1.15. The number of fused-ring (bicyclic) bond motifs is 1. The van der Waals surface area contributed by atoms with Gasteiger partial charge in [0.05, 0.1) is 36.3 Å². The van der Waals surface area contributed by atoms with Gasteiger partial charge in [-0.3, -0.25) is 14.2 Å². The van der Waals surface area contributed by atoms with Crippen molar-refractivity contribution in [1.82, 2.24) is 29.4 Å². The smallest absolute Gasteiger partial charge is 0.255 e. The molecule has 0 aromatic carbocycles. The Kier molecular flexibility index (Phi) is 4.82.